The molecular weight excluding hydrogens is 219 g/mol. The van der Waals surface area contributed by atoms with Gasteiger partial charge >= 0.3 is 0 Å². The van der Waals surface area contributed by atoms with Crippen molar-refractivity contribution in [2.75, 3.05) is 13.1 Å². The van der Waals surface area contributed by atoms with Crippen molar-refractivity contribution in [3.05, 3.63) is 0 Å². The first kappa shape index (κ1) is 12.7. The van der Waals surface area contributed by atoms with E-state index in [9.17, 15) is 9.18 Å². The van der Waals surface area contributed by atoms with E-state index in [0.29, 0.717) is 6.54 Å². The van der Waals surface area contributed by atoms with Crippen LogP contribution in [0.3, 0.4) is 0 Å². The van der Waals surface area contributed by atoms with Crippen molar-refractivity contribution in [1.82, 2.24) is 4.90 Å². The third kappa shape index (κ3) is 2.42. The molecule has 1 heterocycles. The van der Waals surface area contributed by atoms with Crippen LogP contribution in [0, 0.1) is 5.92 Å². The van der Waals surface area contributed by atoms with E-state index in [0.717, 1.165) is 19.3 Å². The summed E-state index contributed by atoms with van der Waals surface area (Å²) in [5, 5.41) is 0. The van der Waals surface area contributed by atoms with Gasteiger partial charge in [-0.3, -0.25) is 4.79 Å². The molecule has 2 aliphatic rings. The van der Waals surface area contributed by atoms with Crippen LogP contribution in [0.15, 0.2) is 0 Å². The van der Waals surface area contributed by atoms with Crippen LogP contribution in [0.2, 0.25) is 0 Å². The molecule has 0 aromatic carbocycles. The summed E-state index contributed by atoms with van der Waals surface area (Å²) in [6, 6.07) is 0. The highest BCUT2D eigenvalue weighted by Gasteiger charge is 2.49. The molecule has 1 saturated heterocycles. The van der Waals surface area contributed by atoms with Gasteiger partial charge < -0.3 is 10.6 Å². The zero-order chi connectivity index (χ0) is 10.3. The molecule has 0 radical (unpaired) electrons. The van der Waals surface area contributed by atoms with E-state index in [1.54, 1.807) is 4.90 Å². The summed E-state index contributed by atoms with van der Waals surface area (Å²) in [6.07, 6.45) is 1.39. The largest absolute Gasteiger partial charge is 0.338 e. The maximum atomic E-state index is 13.4. The molecule has 2 rings (SSSR count). The van der Waals surface area contributed by atoms with E-state index in [4.69, 9.17) is 5.73 Å². The van der Waals surface area contributed by atoms with Gasteiger partial charge in [0.25, 0.3) is 0 Å². The molecule has 1 aliphatic carbocycles. The normalized spacial score (nSPS) is 33.1. The zero-order valence-corrected chi connectivity index (χ0v) is 9.73. The Bertz CT molecular complexity index is 258. The average molecular weight is 237 g/mol. The van der Waals surface area contributed by atoms with Crippen LogP contribution in [-0.2, 0) is 4.79 Å². The average Bonchev–Trinajstić information content (AvgIpc) is 2.89. The Balaban J connectivity index is 0.00000112. The number of rotatable bonds is 1. The van der Waals surface area contributed by atoms with E-state index < -0.39 is 11.7 Å². The van der Waals surface area contributed by atoms with Crippen LogP contribution in [0.5, 0.6) is 0 Å². The van der Waals surface area contributed by atoms with E-state index >= 15 is 0 Å². The molecule has 1 aliphatic heterocycles. The molecule has 2 unspecified atom stereocenters. The lowest BCUT2D eigenvalue weighted by Crippen LogP contribution is -2.51. The maximum absolute atomic E-state index is 13.4. The van der Waals surface area contributed by atoms with Crippen LogP contribution in [0.4, 0.5) is 4.39 Å². The van der Waals surface area contributed by atoms with Crippen molar-refractivity contribution < 1.29 is 9.18 Å². The number of carbonyl (C=O) groups is 1. The highest BCUT2D eigenvalue weighted by Crippen LogP contribution is 2.35. The molecule has 2 N–H and O–H groups in total. The summed E-state index contributed by atoms with van der Waals surface area (Å²) >= 11 is 0. The second-order valence-corrected chi connectivity index (χ2v) is 4.69. The zero-order valence-electron chi connectivity index (χ0n) is 8.91. The lowest BCUT2D eigenvalue weighted by atomic mass is 9.96. The van der Waals surface area contributed by atoms with Crippen LogP contribution in [0.1, 0.15) is 26.2 Å². The van der Waals surface area contributed by atoms with Gasteiger partial charge in [-0.1, -0.05) is 6.92 Å². The Hall–Kier alpha value is -0.350. The molecule has 0 bridgehead atoms. The van der Waals surface area contributed by atoms with Crippen molar-refractivity contribution in [3.63, 3.8) is 0 Å². The van der Waals surface area contributed by atoms with Crippen molar-refractivity contribution in [3.8, 4) is 0 Å². The SMILES string of the molecule is CC1CCN(C(=O)C2(N)CC2)CC1F.Cl. The van der Waals surface area contributed by atoms with Crippen LogP contribution in [0.25, 0.3) is 0 Å². The minimum atomic E-state index is -0.880. The number of carbonyl (C=O) groups excluding carboxylic acids is 1. The fourth-order valence-electron chi connectivity index (χ4n) is 1.87. The Morgan fingerprint density at radius 3 is 2.60 bits per heavy atom. The second kappa shape index (κ2) is 4.26. The van der Waals surface area contributed by atoms with Crippen molar-refractivity contribution in [2.24, 2.45) is 11.7 Å². The Morgan fingerprint density at radius 2 is 2.13 bits per heavy atom. The third-order valence-electron chi connectivity index (χ3n) is 3.37. The van der Waals surface area contributed by atoms with E-state index in [-0.39, 0.29) is 30.8 Å². The number of likely N-dealkylation sites (tertiary alicyclic amines) is 1. The first-order valence-electron chi connectivity index (χ1n) is 5.25. The number of alkyl halides is 1. The number of hydrogen-bond acceptors (Lipinski definition) is 2. The molecule has 0 aromatic heterocycles. The van der Waals surface area contributed by atoms with E-state index in [2.05, 4.69) is 0 Å². The quantitative estimate of drug-likeness (QED) is 0.741. The summed E-state index contributed by atoms with van der Waals surface area (Å²) in [4.78, 5) is 13.4. The molecule has 1 saturated carbocycles. The highest BCUT2D eigenvalue weighted by molar-refractivity contribution is 5.89. The van der Waals surface area contributed by atoms with Crippen molar-refractivity contribution >= 4 is 18.3 Å². The monoisotopic (exact) mass is 236 g/mol. The molecular formula is C10H18ClFN2O. The van der Waals surface area contributed by atoms with Gasteiger partial charge in [-0.05, 0) is 25.2 Å². The first-order chi connectivity index (χ1) is 6.53. The number of nitrogens with two attached hydrogens (primary N) is 1. The first-order valence-corrected chi connectivity index (χ1v) is 5.25. The van der Waals surface area contributed by atoms with Gasteiger partial charge in [0.05, 0.1) is 12.1 Å². The van der Waals surface area contributed by atoms with Crippen molar-refractivity contribution in [1.29, 1.82) is 0 Å². The fraction of sp³-hybridized carbons (Fsp3) is 0.900. The predicted molar refractivity (Wildman–Crippen MR) is 58.7 cm³/mol. The van der Waals surface area contributed by atoms with Gasteiger partial charge in [-0.2, -0.15) is 0 Å². The number of hydrogen-bond donors (Lipinski definition) is 1. The van der Waals surface area contributed by atoms with Gasteiger partial charge in [-0.15, -0.1) is 12.4 Å². The molecule has 0 aromatic rings. The molecule has 2 fully saturated rings. The lowest BCUT2D eigenvalue weighted by molar-refractivity contribution is -0.136. The summed E-state index contributed by atoms with van der Waals surface area (Å²) in [7, 11) is 0. The maximum Gasteiger partial charge on any atom is 0.242 e. The van der Waals surface area contributed by atoms with E-state index in [1.165, 1.54) is 0 Å². The Morgan fingerprint density at radius 1 is 1.53 bits per heavy atom. The Kier molecular flexibility index (Phi) is 3.61. The van der Waals surface area contributed by atoms with Gasteiger partial charge in [-0.25, -0.2) is 4.39 Å². The molecule has 0 spiro atoms. The molecule has 1 amide bonds. The Labute approximate surface area is 95.6 Å². The highest BCUT2D eigenvalue weighted by atomic mass is 35.5. The predicted octanol–water partition coefficient (Wildman–Crippen LogP) is 1.11. The van der Waals surface area contributed by atoms with Crippen LogP contribution in [-0.4, -0.2) is 35.6 Å². The van der Waals surface area contributed by atoms with Crippen LogP contribution >= 0.6 is 12.4 Å². The van der Waals surface area contributed by atoms with Crippen LogP contribution < -0.4 is 5.73 Å². The van der Waals surface area contributed by atoms with Gasteiger partial charge in [0, 0.05) is 6.54 Å². The smallest absolute Gasteiger partial charge is 0.242 e. The lowest BCUT2D eigenvalue weighted by Gasteiger charge is -2.34. The minimum Gasteiger partial charge on any atom is -0.338 e. The van der Waals surface area contributed by atoms with E-state index in [1.807, 2.05) is 6.92 Å². The molecule has 15 heavy (non-hydrogen) atoms. The molecule has 88 valence electrons. The summed E-state index contributed by atoms with van der Waals surface area (Å²) in [5.41, 5.74) is 5.15. The second-order valence-electron chi connectivity index (χ2n) is 4.69. The summed E-state index contributed by atoms with van der Waals surface area (Å²) < 4.78 is 13.4. The third-order valence-corrected chi connectivity index (χ3v) is 3.37. The number of amides is 1. The fourth-order valence-corrected chi connectivity index (χ4v) is 1.87. The number of halogens is 2. The summed E-state index contributed by atoms with van der Waals surface area (Å²) in [6.45, 7) is 2.79. The van der Waals surface area contributed by atoms with Gasteiger partial charge in [0.15, 0.2) is 0 Å². The van der Waals surface area contributed by atoms with Gasteiger partial charge in [0.2, 0.25) is 5.91 Å². The molecule has 2 atom stereocenters. The topological polar surface area (TPSA) is 46.3 Å². The van der Waals surface area contributed by atoms with Gasteiger partial charge in [0.1, 0.15) is 6.17 Å². The summed E-state index contributed by atoms with van der Waals surface area (Å²) in [5.74, 6) is 0.0269. The minimum absolute atomic E-state index is 0. The molecule has 5 heteroatoms. The van der Waals surface area contributed by atoms with Crippen molar-refractivity contribution in [2.45, 2.75) is 37.9 Å². The molecule has 3 nitrogen and oxygen atoms in total. The standard InChI is InChI=1S/C10H17FN2O.ClH/c1-7-2-5-13(6-8(7)11)9(14)10(12)3-4-10;/h7-8H,2-6,12H2,1H3;1H. The number of nitrogens with zero attached hydrogens (tertiary/aromatic N) is 1. The number of piperidine rings is 1.